The first kappa shape index (κ1) is 18.4. The normalized spacial score (nSPS) is 18.6. The molecule has 0 aromatic heterocycles. The molecule has 1 unspecified atom stereocenters. The van der Waals surface area contributed by atoms with E-state index in [1.165, 1.54) is 12.1 Å². The maximum Gasteiger partial charge on any atom is 0.225 e. The summed E-state index contributed by atoms with van der Waals surface area (Å²) in [5.41, 5.74) is 0.298. The summed E-state index contributed by atoms with van der Waals surface area (Å²) in [7, 11) is 1.60. The highest BCUT2D eigenvalue weighted by Gasteiger charge is 2.31. The third-order valence-electron chi connectivity index (χ3n) is 4.37. The van der Waals surface area contributed by atoms with Crippen LogP contribution < -0.4 is 5.32 Å². The fourth-order valence-electron chi connectivity index (χ4n) is 2.65. The summed E-state index contributed by atoms with van der Waals surface area (Å²) in [6.07, 6.45) is 0.874. The molecule has 0 aliphatic carbocycles. The van der Waals surface area contributed by atoms with Crippen molar-refractivity contribution in [2.45, 2.75) is 38.8 Å². The minimum Gasteiger partial charge on any atom is -0.377 e. The molecule has 1 saturated heterocycles. The second-order valence-electron chi connectivity index (χ2n) is 6.82. The lowest BCUT2D eigenvalue weighted by atomic mass is 9.95. The van der Waals surface area contributed by atoms with Crippen LogP contribution in [0.5, 0.6) is 0 Å². The molecule has 0 saturated carbocycles. The van der Waals surface area contributed by atoms with Gasteiger partial charge < -0.3 is 15.0 Å². The van der Waals surface area contributed by atoms with Gasteiger partial charge in [0.2, 0.25) is 11.8 Å². The number of carbonyl (C=O) groups excluding carboxylic acids is 2. The number of ether oxygens (including phenoxy) is 1. The van der Waals surface area contributed by atoms with Gasteiger partial charge in [-0.1, -0.05) is 12.1 Å². The van der Waals surface area contributed by atoms with E-state index in [9.17, 15) is 14.0 Å². The third kappa shape index (κ3) is 5.03. The largest absolute Gasteiger partial charge is 0.377 e. The number of piperidine rings is 1. The minimum atomic E-state index is -0.429. The van der Waals surface area contributed by atoms with Gasteiger partial charge in [-0.2, -0.15) is 0 Å². The SMILES string of the molecule is COC(C)(C)CNC(=O)C1CCC(=O)N(Cc2cccc(F)c2)C1. The number of rotatable bonds is 6. The Balaban J connectivity index is 1.94. The molecule has 1 aliphatic heterocycles. The van der Waals surface area contributed by atoms with Crippen LogP contribution in [0, 0.1) is 11.7 Å². The first-order valence-electron chi connectivity index (χ1n) is 8.16. The van der Waals surface area contributed by atoms with E-state index in [1.807, 2.05) is 13.8 Å². The van der Waals surface area contributed by atoms with Gasteiger partial charge in [0.15, 0.2) is 0 Å². The van der Waals surface area contributed by atoms with Crippen molar-refractivity contribution in [1.29, 1.82) is 0 Å². The molecule has 2 amide bonds. The quantitative estimate of drug-likeness (QED) is 0.865. The Morgan fingerprint density at radius 2 is 2.21 bits per heavy atom. The highest BCUT2D eigenvalue weighted by atomic mass is 19.1. The number of benzene rings is 1. The molecule has 1 heterocycles. The number of halogens is 1. The van der Waals surface area contributed by atoms with E-state index >= 15 is 0 Å². The molecule has 24 heavy (non-hydrogen) atoms. The number of hydrogen-bond acceptors (Lipinski definition) is 3. The molecule has 1 aromatic rings. The highest BCUT2D eigenvalue weighted by molar-refractivity contribution is 5.83. The number of hydrogen-bond donors (Lipinski definition) is 1. The summed E-state index contributed by atoms with van der Waals surface area (Å²) < 4.78 is 18.6. The maximum absolute atomic E-state index is 13.3. The zero-order valence-corrected chi connectivity index (χ0v) is 14.5. The molecular weight excluding hydrogens is 311 g/mol. The smallest absolute Gasteiger partial charge is 0.225 e. The molecule has 6 heteroatoms. The van der Waals surface area contributed by atoms with Crippen molar-refractivity contribution < 1.29 is 18.7 Å². The van der Waals surface area contributed by atoms with Gasteiger partial charge in [0.1, 0.15) is 5.82 Å². The number of methoxy groups -OCH3 is 1. The van der Waals surface area contributed by atoms with E-state index in [2.05, 4.69) is 5.32 Å². The van der Waals surface area contributed by atoms with Gasteiger partial charge >= 0.3 is 0 Å². The molecule has 1 atom stereocenters. The number of nitrogens with one attached hydrogen (secondary N) is 1. The third-order valence-corrected chi connectivity index (χ3v) is 4.37. The monoisotopic (exact) mass is 336 g/mol. The Bertz CT molecular complexity index is 604. The number of likely N-dealkylation sites (tertiary alicyclic amines) is 1. The lowest BCUT2D eigenvalue weighted by molar-refractivity contribution is -0.139. The molecule has 1 fully saturated rings. The Labute approximate surface area is 142 Å². The molecule has 1 aromatic carbocycles. The Morgan fingerprint density at radius 3 is 2.88 bits per heavy atom. The molecular formula is C18H25FN2O3. The first-order valence-corrected chi connectivity index (χ1v) is 8.16. The Kier molecular flexibility index (Phi) is 5.94. The summed E-state index contributed by atoms with van der Waals surface area (Å²) in [5.74, 6) is -0.644. The molecule has 1 N–H and O–H groups in total. The lowest BCUT2D eigenvalue weighted by Crippen LogP contribution is -2.48. The minimum absolute atomic E-state index is 0.000493. The van der Waals surface area contributed by atoms with E-state index in [0.29, 0.717) is 32.5 Å². The van der Waals surface area contributed by atoms with Crippen molar-refractivity contribution in [1.82, 2.24) is 10.2 Å². The number of nitrogens with zero attached hydrogens (tertiary/aromatic N) is 1. The van der Waals surface area contributed by atoms with Gasteiger partial charge in [0, 0.05) is 33.2 Å². The van der Waals surface area contributed by atoms with Crippen LogP contribution in [0.4, 0.5) is 4.39 Å². The highest BCUT2D eigenvalue weighted by Crippen LogP contribution is 2.20. The van der Waals surface area contributed by atoms with Crippen molar-refractivity contribution in [2.24, 2.45) is 5.92 Å². The summed E-state index contributed by atoms with van der Waals surface area (Å²) in [5, 5.41) is 2.89. The van der Waals surface area contributed by atoms with Crippen LogP contribution in [-0.4, -0.2) is 42.5 Å². The van der Waals surface area contributed by atoms with Gasteiger partial charge in [-0.25, -0.2) is 4.39 Å². The Hall–Kier alpha value is -1.95. The molecule has 0 radical (unpaired) electrons. The average molecular weight is 336 g/mol. The van der Waals surface area contributed by atoms with Crippen LogP contribution in [0.1, 0.15) is 32.3 Å². The van der Waals surface area contributed by atoms with E-state index in [0.717, 1.165) is 5.56 Å². The molecule has 5 nitrogen and oxygen atoms in total. The van der Waals surface area contributed by atoms with Crippen molar-refractivity contribution in [2.75, 3.05) is 20.2 Å². The second kappa shape index (κ2) is 7.75. The van der Waals surface area contributed by atoms with E-state index in [4.69, 9.17) is 4.74 Å². The lowest BCUT2D eigenvalue weighted by Gasteiger charge is -2.33. The fraction of sp³-hybridized carbons (Fsp3) is 0.556. The van der Waals surface area contributed by atoms with Crippen LogP contribution in [0.2, 0.25) is 0 Å². The fourth-order valence-corrected chi connectivity index (χ4v) is 2.65. The first-order chi connectivity index (χ1) is 11.3. The summed E-state index contributed by atoms with van der Waals surface area (Å²) >= 11 is 0. The zero-order chi connectivity index (χ0) is 17.7. The van der Waals surface area contributed by atoms with E-state index in [-0.39, 0.29) is 23.5 Å². The summed E-state index contributed by atoms with van der Waals surface area (Å²) in [6.45, 7) is 4.89. The van der Waals surface area contributed by atoms with E-state index in [1.54, 1.807) is 24.1 Å². The number of amides is 2. The molecule has 132 valence electrons. The Morgan fingerprint density at radius 1 is 1.46 bits per heavy atom. The van der Waals surface area contributed by atoms with Crippen molar-refractivity contribution in [3.8, 4) is 0 Å². The van der Waals surface area contributed by atoms with Crippen molar-refractivity contribution >= 4 is 11.8 Å². The van der Waals surface area contributed by atoms with Crippen LogP contribution in [0.3, 0.4) is 0 Å². The van der Waals surface area contributed by atoms with Crippen molar-refractivity contribution in [3.63, 3.8) is 0 Å². The van der Waals surface area contributed by atoms with Gasteiger partial charge in [0.25, 0.3) is 0 Å². The van der Waals surface area contributed by atoms with Gasteiger partial charge in [-0.15, -0.1) is 0 Å². The molecule has 1 aliphatic rings. The van der Waals surface area contributed by atoms with Crippen LogP contribution in [0.25, 0.3) is 0 Å². The van der Waals surface area contributed by atoms with Gasteiger partial charge in [-0.05, 0) is 38.0 Å². The number of carbonyl (C=O) groups is 2. The van der Waals surface area contributed by atoms with Crippen molar-refractivity contribution in [3.05, 3.63) is 35.6 Å². The molecule has 2 rings (SSSR count). The summed E-state index contributed by atoms with van der Waals surface area (Å²) in [4.78, 5) is 26.1. The van der Waals surface area contributed by atoms with Crippen LogP contribution in [0.15, 0.2) is 24.3 Å². The average Bonchev–Trinajstić information content (AvgIpc) is 2.55. The zero-order valence-electron chi connectivity index (χ0n) is 14.5. The maximum atomic E-state index is 13.3. The second-order valence-corrected chi connectivity index (χ2v) is 6.82. The van der Waals surface area contributed by atoms with Crippen LogP contribution in [-0.2, 0) is 20.9 Å². The molecule has 0 spiro atoms. The van der Waals surface area contributed by atoms with Gasteiger partial charge in [-0.3, -0.25) is 9.59 Å². The topological polar surface area (TPSA) is 58.6 Å². The van der Waals surface area contributed by atoms with Crippen LogP contribution >= 0.6 is 0 Å². The predicted molar refractivity (Wildman–Crippen MR) is 88.6 cm³/mol. The van der Waals surface area contributed by atoms with E-state index < -0.39 is 5.60 Å². The summed E-state index contributed by atoms with van der Waals surface area (Å²) in [6, 6.07) is 6.19. The van der Waals surface area contributed by atoms with Gasteiger partial charge in [0.05, 0.1) is 11.5 Å². The predicted octanol–water partition coefficient (Wildman–Crippen LogP) is 2.11. The molecule has 0 bridgehead atoms. The standard InChI is InChI=1S/C18H25FN2O3/c1-18(2,24-3)12-20-17(23)14-7-8-16(22)21(11-14)10-13-5-4-6-15(19)9-13/h4-6,9,14H,7-8,10-12H2,1-3H3,(H,20,23).